The van der Waals surface area contributed by atoms with Crippen molar-refractivity contribution >= 4 is 29.3 Å². The highest BCUT2D eigenvalue weighted by molar-refractivity contribution is 8.00. The van der Waals surface area contributed by atoms with Crippen LogP contribution in [-0.4, -0.2) is 36.8 Å². The maximum Gasteiger partial charge on any atom is 0.233 e. The number of thioether (sulfide) groups is 1. The van der Waals surface area contributed by atoms with Gasteiger partial charge in [0.2, 0.25) is 5.91 Å². The van der Waals surface area contributed by atoms with E-state index >= 15 is 0 Å². The van der Waals surface area contributed by atoms with Gasteiger partial charge in [0.05, 0.1) is 12.4 Å². The Kier molecular flexibility index (Phi) is 4.31. The molecular weight excluding hydrogens is 258 g/mol. The lowest BCUT2D eigenvalue weighted by Gasteiger charge is -2.23. The third kappa shape index (κ3) is 2.94. The number of amides is 1. The Hall–Kier alpha value is -0.710. The highest BCUT2D eigenvalue weighted by Gasteiger charge is 2.32. The van der Waals surface area contributed by atoms with Crippen LogP contribution in [-0.2, 0) is 9.53 Å². The Bertz CT molecular complexity index is 396. The molecule has 0 aromatic heterocycles. The molecule has 1 aromatic rings. The van der Waals surface area contributed by atoms with Crippen LogP contribution in [0.5, 0.6) is 0 Å². The first-order valence-electron chi connectivity index (χ1n) is 5.38. The fraction of sp³-hybridized carbons (Fsp3) is 0.417. The van der Waals surface area contributed by atoms with Gasteiger partial charge < -0.3 is 9.64 Å². The van der Waals surface area contributed by atoms with Crippen LogP contribution < -0.4 is 0 Å². The van der Waals surface area contributed by atoms with E-state index in [0.717, 1.165) is 5.56 Å². The molecule has 1 fully saturated rings. The van der Waals surface area contributed by atoms with Gasteiger partial charge in [-0.25, -0.2) is 0 Å². The first kappa shape index (κ1) is 12.7. The summed E-state index contributed by atoms with van der Waals surface area (Å²) in [5.41, 5.74) is 1.11. The molecule has 1 aliphatic heterocycles. The number of benzene rings is 1. The summed E-state index contributed by atoms with van der Waals surface area (Å²) in [6.07, 6.45) is 0. The van der Waals surface area contributed by atoms with Crippen molar-refractivity contribution in [3.05, 3.63) is 34.9 Å². The van der Waals surface area contributed by atoms with Crippen molar-refractivity contribution in [1.29, 1.82) is 0 Å². The van der Waals surface area contributed by atoms with E-state index in [1.54, 1.807) is 18.9 Å². The maximum absolute atomic E-state index is 11.8. The molecule has 92 valence electrons. The third-order valence-electron chi connectivity index (χ3n) is 2.66. The Morgan fingerprint density at radius 1 is 1.47 bits per heavy atom. The number of carbonyl (C=O) groups excluding carboxylic acids is 1. The normalized spacial score (nSPS) is 20.0. The van der Waals surface area contributed by atoms with Crippen LogP contribution in [0.15, 0.2) is 24.3 Å². The van der Waals surface area contributed by atoms with Crippen molar-refractivity contribution in [3.63, 3.8) is 0 Å². The summed E-state index contributed by atoms with van der Waals surface area (Å²) < 4.78 is 5.03. The minimum absolute atomic E-state index is 0.0925. The quantitative estimate of drug-likeness (QED) is 0.843. The van der Waals surface area contributed by atoms with Gasteiger partial charge in [0.25, 0.3) is 0 Å². The molecule has 1 amide bonds. The van der Waals surface area contributed by atoms with Gasteiger partial charge in [0.15, 0.2) is 0 Å². The monoisotopic (exact) mass is 271 g/mol. The molecular formula is C12H14ClNO2S. The van der Waals surface area contributed by atoms with Gasteiger partial charge in [-0.2, -0.15) is 0 Å². The maximum atomic E-state index is 11.8. The van der Waals surface area contributed by atoms with E-state index in [-0.39, 0.29) is 11.3 Å². The average molecular weight is 272 g/mol. The van der Waals surface area contributed by atoms with E-state index in [2.05, 4.69) is 0 Å². The van der Waals surface area contributed by atoms with Crippen molar-refractivity contribution in [3.8, 4) is 0 Å². The van der Waals surface area contributed by atoms with Crippen molar-refractivity contribution in [2.24, 2.45) is 0 Å². The van der Waals surface area contributed by atoms with Crippen molar-refractivity contribution in [2.75, 3.05) is 26.0 Å². The van der Waals surface area contributed by atoms with E-state index in [9.17, 15) is 4.79 Å². The van der Waals surface area contributed by atoms with Gasteiger partial charge in [-0.3, -0.25) is 4.79 Å². The SMILES string of the molecule is COCCN1C(=O)CS[C@@H]1c1ccc(Cl)cc1. The van der Waals surface area contributed by atoms with Crippen LogP contribution in [0.25, 0.3) is 0 Å². The number of hydrogen-bond acceptors (Lipinski definition) is 3. The summed E-state index contributed by atoms with van der Waals surface area (Å²) in [5, 5.41) is 0.807. The first-order chi connectivity index (χ1) is 8.22. The van der Waals surface area contributed by atoms with E-state index in [1.807, 2.05) is 29.2 Å². The summed E-state index contributed by atoms with van der Waals surface area (Å²) >= 11 is 7.51. The number of rotatable bonds is 4. The van der Waals surface area contributed by atoms with Gasteiger partial charge in [-0.15, -0.1) is 11.8 Å². The Labute approximate surface area is 110 Å². The van der Waals surface area contributed by atoms with Gasteiger partial charge in [-0.05, 0) is 17.7 Å². The molecule has 17 heavy (non-hydrogen) atoms. The molecule has 0 radical (unpaired) electrons. The number of methoxy groups -OCH3 is 1. The van der Waals surface area contributed by atoms with E-state index < -0.39 is 0 Å². The first-order valence-corrected chi connectivity index (χ1v) is 6.80. The smallest absolute Gasteiger partial charge is 0.233 e. The van der Waals surface area contributed by atoms with E-state index in [1.165, 1.54) is 0 Å². The van der Waals surface area contributed by atoms with Crippen molar-refractivity contribution < 1.29 is 9.53 Å². The fourth-order valence-corrected chi connectivity index (χ4v) is 3.13. The summed E-state index contributed by atoms with van der Waals surface area (Å²) in [6.45, 7) is 1.20. The molecule has 1 heterocycles. The lowest BCUT2D eigenvalue weighted by atomic mass is 10.2. The molecule has 0 unspecified atom stereocenters. The highest BCUT2D eigenvalue weighted by atomic mass is 35.5. The second kappa shape index (κ2) is 5.76. The number of carbonyl (C=O) groups is 1. The molecule has 0 saturated carbocycles. The van der Waals surface area contributed by atoms with Crippen LogP contribution in [0.4, 0.5) is 0 Å². The minimum atomic E-state index is 0.0925. The Balaban J connectivity index is 2.13. The molecule has 1 atom stereocenters. The van der Waals surface area contributed by atoms with E-state index in [0.29, 0.717) is 23.9 Å². The molecule has 3 nitrogen and oxygen atoms in total. The van der Waals surface area contributed by atoms with E-state index in [4.69, 9.17) is 16.3 Å². The molecule has 0 spiro atoms. The van der Waals surface area contributed by atoms with Gasteiger partial charge in [0, 0.05) is 18.7 Å². The summed E-state index contributed by atoms with van der Waals surface area (Å²) in [5.74, 6) is 0.712. The minimum Gasteiger partial charge on any atom is -0.383 e. The lowest BCUT2D eigenvalue weighted by Crippen LogP contribution is -2.31. The van der Waals surface area contributed by atoms with Crippen molar-refractivity contribution in [1.82, 2.24) is 4.90 Å². The topological polar surface area (TPSA) is 29.5 Å². The number of halogens is 1. The Morgan fingerprint density at radius 2 is 2.18 bits per heavy atom. The predicted octanol–water partition coefficient (Wildman–Crippen LogP) is 2.56. The van der Waals surface area contributed by atoms with Crippen LogP contribution >= 0.6 is 23.4 Å². The van der Waals surface area contributed by atoms with Crippen LogP contribution in [0.1, 0.15) is 10.9 Å². The van der Waals surface area contributed by atoms with Gasteiger partial charge in [0.1, 0.15) is 5.37 Å². The van der Waals surface area contributed by atoms with Crippen molar-refractivity contribution in [2.45, 2.75) is 5.37 Å². The number of ether oxygens (including phenoxy) is 1. The highest BCUT2D eigenvalue weighted by Crippen LogP contribution is 2.38. The Morgan fingerprint density at radius 3 is 2.82 bits per heavy atom. The molecule has 5 heteroatoms. The number of nitrogens with zero attached hydrogens (tertiary/aromatic N) is 1. The average Bonchev–Trinajstić information content (AvgIpc) is 2.69. The molecule has 0 N–H and O–H groups in total. The second-order valence-corrected chi connectivity index (χ2v) is 5.30. The largest absolute Gasteiger partial charge is 0.383 e. The molecule has 0 aliphatic carbocycles. The summed E-state index contributed by atoms with van der Waals surface area (Å²) in [7, 11) is 1.64. The number of hydrogen-bond donors (Lipinski definition) is 0. The third-order valence-corrected chi connectivity index (χ3v) is 4.17. The summed E-state index contributed by atoms with van der Waals surface area (Å²) in [4.78, 5) is 13.6. The van der Waals surface area contributed by atoms with Crippen LogP contribution in [0.2, 0.25) is 5.02 Å². The predicted molar refractivity (Wildman–Crippen MR) is 70.2 cm³/mol. The zero-order valence-corrected chi connectivity index (χ0v) is 11.1. The zero-order valence-electron chi connectivity index (χ0n) is 9.56. The second-order valence-electron chi connectivity index (χ2n) is 3.79. The summed E-state index contributed by atoms with van der Waals surface area (Å²) in [6, 6.07) is 7.65. The van der Waals surface area contributed by atoms with Gasteiger partial charge in [-0.1, -0.05) is 23.7 Å². The molecule has 1 saturated heterocycles. The standard InChI is InChI=1S/C12H14ClNO2S/c1-16-7-6-14-11(15)8-17-12(14)9-2-4-10(13)5-3-9/h2-5,12H,6-8H2,1H3/t12-/m1/s1. The molecule has 0 bridgehead atoms. The van der Waals surface area contributed by atoms with Gasteiger partial charge >= 0.3 is 0 Å². The van der Waals surface area contributed by atoms with Crippen LogP contribution in [0.3, 0.4) is 0 Å². The fourth-order valence-electron chi connectivity index (χ4n) is 1.79. The zero-order chi connectivity index (χ0) is 12.3. The molecule has 2 rings (SSSR count). The van der Waals surface area contributed by atoms with Crippen LogP contribution in [0, 0.1) is 0 Å². The lowest BCUT2D eigenvalue weighted by molar-refractivity contribution is -0.128. The molecule has 1 aliphatic rings. The molecule has 1 aromatic carbocycles.